The zero-order valence-electron chi connectivity index (χ0n) is 9.49. The second-order valence-corrected chi connectivity index (χ2v) is 4.01. The number of benzene rings is 2. The average molecular weight is 207 g/mol. The first-order valence-corrected chi connectivity index (χ1v) is 5.28. The molecule has 0 aromatic heterocycles. The fourth-order valence-corrected chi connectivity index (χ4v) is 1.77. The van der Waals surface area contributed by atoms with Crippen molar-refractivity contribution in [1.82, 2.24) is 0 Å². The Kier molecular flexibility index (Phi) is 2.74. The molecular formula is C15H13N. The van der Waals surface area contributed by atoms with Gasteiger partial charge in [0.1, 0.15) is 0 Å². The van der Waals surface area contributed by atoms with Crippen LogP contribution in [0.5, 0.6) is 0 Å². The quantitative estimate of drug-likeness (QED) is 0.697. The number of hydrogen-bond acceptors (Lipinski definition) is 1. The lowest BCUT2D eigenvalue weighted by Crippen LogP contribution is -1.85. The van der Waals surface area contributed by atoms with E-state index in [2.05, 4.69) is 38.1 Å². The summed E-state index contributed by atoms with van der Waals surface area (Å²) in [7, 11) is 0. The van der Waals surface area contributed by atoms with Gasteiger partial charge in [0, 0.05) is 0 Å². The first-order chi connectivity index (χ1) is 7.70. The second-order valence-electron chi connectivity index (χ2n) is 4.01. The molecule has 0 bridgehead atoms. The lowest BCUT2D eigenvalue weighted by atomic mass is 9.98. The minimum atomic E-state index is 0.703. The van der Waals surface area contributed by atoms with E-state index in [9.17, 15) is 0 Å². The van der Waals surface area contributed by atoms with Gasteiger partial charge in [-0.1, -0.05) is 35.9 Å². The van der Waals surface area contributed by atoms with Gasteiger partial charge in [-0.3, -0.25) is 0 Å². The average Bonchev–Trinajstić information content (AvgIpc) is 2.32. The van der Waals surface area contributed by atoms with Crippen LogP contribution in [0.4, 0.5) is 0 Å². The molecule has 0 spiro atoms. The molecule has 2 aromatic rings. The summed E-state index contributed by atoms with van der Waals surface area (Å²) in [6, 6.07) is 16.3. The minimum absolute atomic E-state index is 0.703. The Hall–Kier alpha value is -2.07. The summed E-state index contributed by atoms with van der Waals surface area (Å²) in [6.07, 6.45) is 0. The van der Waals surface area contributed by atoms with Crippen LogP contribution in [0.15, 0.2) is 42.5 Å². The van der Waals surface area contributed by atoms with E-state index >= 15 is 0 Å². The molecule has 2 aromatic carbocycles. The highest BCUT2D eigenvalue weighted by molar-refractivity contribution is 5.68. The summed E-state index contributed by atoms with van der Waals surface area (Å²) >= 11 is 0. The molecule has 0 N–H and O–H groups in total. The van der Waals surface area contributed by atoms with Gasteiger partial charge >= 0.3 is 0 Å². The molecule has 78 valence electrons. The first kappa shape index (κ1) is 10.4. The summed E-state index contributed by atoms with van der Waals surface area (Å²) in [4.78, 5) is 0. The molecule has 0 atom stereocenters. The second kappa shape index (κ2) is 4.20. The number of nitriles is 1. The maximum absolute atomic E-state index is 8.75. The van der Waals surface area contributed by atoms with Crippen molar-refractivity contribution in [3.63, 3.8) is 0 Å². The van der Waals surface area contributed by atoms with E-state index in [-0.39, 0.29) is 0 Å². The molecule has 0 aliphatic rings. The lowest BCUT2D eigenvalue weighted by molar-refractivity contribution is 1.39. The molecule has 0 fully saturated rings. The number of rotatable bonds is 1. The predicted octanol–water partition coefficient (Wildman–Crippen LogP) is 3.84. The zero-order valence-corrected chi connectivity index (χ0v) is 9.49. The maximum Gasteiger partial charge on any atom is 0.0991 e. The standard InChI is InChI=1S/C15H13N/c1-11-3-4-12(2)15(9-11)14-7-5-13(10-16)6-8-14/h3-9H,1-2H3. The van der Waals surface area contributed by atoms with Crippen molar-refractivity contribution in [3.05, 3.63) is 59.2 Å². The monoisotopic (exact) mass is 207 g/mol. The molecule has 16 heavy (non-hydrogen) atoms. The Bertz CT molecular complexity index is 545. The van der Waals surface area contributed by atoms with Crippen molar-refractivity contribution in [2.24, 2.45) is 0 Å². The van der Waals surface area contributed by atoms with Crippen LogP contribution in [-0.4, -0.2) is 0 Å². The van der Waals surface area contributed by atoms with E-state index in [4.69, 9.17) is 5.26 Å². The van der Waals surface area contributed by atoms with E-state index in [1.807, 2.05) is 24.3 Å². The maximum atomic E-state index is 8.75. The molecule has 0 aliphatic carbocycles. The van der Waals surface area contributed by atoms with E-state index in [0.717, 1.165) is 0 Å². The van der Waals surface area contributed by atoms with Crippen molar-refractivity contribution in [3.8, 4) is 17.2 Å². The Balaban J connectivity index is 2.50. The fourth-order valence-electron chi connectivity index (χ4n) is 1.77. The lowest BCUT2D eigenvalue weighted by Gasteiger charge is -2.07. The predicted molar refractivity (Wildman–Crippen MR) is 66.1 cm³/mol. The Morgan fingerprint density at radius 1 is 0.938 bits per heavy atom. The molecule has 0 radical (unpaired) electrons. The van der Waals surface area contributed by atoms with E-state index in [1.54, 1.807) is 0 Å². The molecule has 0 aliphatic heterocycles. The third-order valence-corrected chi connectivity index (χ3v) is 2.72. The van der Waals surface area contributed by atoms with Gasteiger partial charge in [-0.2, -0.15) is 5.26 Å². The third-order valence-electron chi connectivity index (χ3n) is 2.72. The van der Waals surface area contributed by atoms with Gasteiger partial charge in [-0.25, -0.2) is 0 Å². The fraction of sp³-hybridized carbons (Fsp3) is 0.133. The molecule has 0 saturated carbocycles. The van der Waals surface area contributed by atoms with Gasteiger partial charge in [-0.15, -0.1) is 0 Å². The smallest absolute Gasteiger partial charge is 0.0991 e. The van der Waals surface area contributed by atoms with Crippen LogP contribution < -0.4 is 0 Å². The highest BCUT2D eigenvalue weighted by atomic mass is 14.2. The minimum Gasteiger partial charge on any atom is -0.192 e. The van der Waals surface area contributed by atoms with Crippen LogP contribution in [0.1, 0.15) is 16.7 Å². The summed E-state index contributed by atoms with van der Waals surface area (Å²) in [6.45, 7) is 4.19. The van der Waals surface area contributed by atoms with E-state index in [0.29, 0.717) is 5.56 Å². The van der Waals surface area contributed by atoms with Crippen LogP contribution >= 0.6 is 0 Å². The number of hydrogen-bond donors (Lipinski definition) is 0. The molecule has 0 amide bonds. The van der Waals surface area contributed by atoms with Crippen LogP contribution in [0.3, 0.4) is 0 Å². The van der Waals surface area contributed by atoms with Crippen molar-refractivity contribution < 1.29 is 0 Å². The van der Waals surface area contributed by atoms with Crippen molar-refractivity contribution in [2.75, 3.05) is 0 Å². The van der Waals surface area contributed by atoms with Gasteiger partial charge < -0.3 is 0 Å². The van der Waals surface area contributed by atoms with Crippen molar-refractivity contribution in [2.45, 2.75) is 13.8 Å². The molecule has 1 heteroatoms. The summed E-state index contributed by atoms with van der Waals surface area (Å²) in [5.41, 5.74) is 5.62. The van der Waals surface area contributed by atoms with Gasteiger partial charge in [0.15, 0.2) is 0 Å². The Morgan fingerprint density at radius 3 is 2.25 bits per heavy atom. The number of nitrogens with zero attached hydrogens (tertiary/aromatic N) is 1. The molecular weight excluding hydrogens is 194 g/mol. The van der Waals surface area contributed by atoms with Crippen LogP contribution in [0.25, 0.3) is 11.1 Å². The SMILES string of the molecule is Cc1ccc(C)c(-c2ccc(C#N)cc2)c1. The highest BCUT2D eigenvalue weighted by Gasteiger charge is 2.01. The molecule has 1 nitrogen and oxygen atoms in total. The van der Waals surface area contributed by atoms with Gasteiger partial charge in [0.25, 0.3) is 0 Å². The summed E-state index contributed by atoms with van der Waals surface area (Å²) < 4.78 is 0. The summed E-state index contributed by atoms with van der Waals surface area (Å²) in [5, 5.41) is 8.75. The van der Waals surface area contributed by atoms with E-state index < -0.39 is 0 Å². The molecule has 2 rings (SSSR count). The van der Waals surface area contributed by atoms with Gasteiger partial charge in [0.05, 0.1) is 11.6 Å². The summed E-state index contributed by atoms with van der Waals surface area (Å²) in [5.74, 6) is 0. The largest absolute Gasteiger partial charge is 0.192 e. The number of aryl methyl sites for hydroxylation is 2. The molecule has 0 saturated heterocycles. The van der Waals surface area contributed by atoms with Crippen LogP contribution in [-0.2, 0) is 0 Å². The van der Waals surface area contributed by atoms with Gasteiger partial charge in [0.2, 0.25) is 0 Å². The third kappa shape index (κ3) is 1.97. The Labute approximate surface area is 96.0 Å². The van der Waals surface area contributed by atoms with Gasteiger partial charge in [-0.05, 0) is 42.7 Å². The molecule has 0 heterocycles. The van der Waals surface area contributed by atoms with Crippen LogP contribution in [0, 0.1) is 25.2 Å². The first-order valence-electron chi connectivity index (χ1n) is 5.28. The zero-order chi connectivity index (χ0) is 11.5. The van der Waals surface area contributed by atoms with Crippen LogP contribution in [0.2, 0.25) is 0 Å². The topological polar surface area (TPSA) is 23.8 Å². The van der Waals surface area contributed by atoms with Crippen molar-refractivity contribution >= 4 is 0 Å². The normalized spacial score (nSPS) is 9.81. The highest BCUT2D eigenvalue weighted by Crippen LogP contribution is 2.24. The molecule has 0 unspecified atom stereocenters. The Morgan fingerprint density at radius 2 is 1.62 bits per heavy atom. The van der Waals surface area contributed by atoms with E-state index in [1.165, 1.54) is 22.3 Å². The van der Waals surface area contributed by atoms with Crippen molar-refractivity contribution in [1.29, 1.82) is 5.26 Å².